The number of hydrazone groups is 1. The summed E-state index contributed by atoms with van der Waals surface area (Å²) in [4.78, 5) is 24.3. The third kappa shape index (κ3) is 5.34. The summed E-state index contributed by atoms with van der Waals surface area (Å²) in [6.45, 7) is 0. The van der Waals surface area contributed by atoms with E-state index in [9.17, 15) is 14.7 Å². The van der Waals surface area contributed by atoms with Crippen LogP contribution < -0.4 is 10.7 Å². The van der Waals surface area contributed by atoms with E-state index in [4.69, 9.17) is 23.2 Å². The van der Waals surface area contributed by atoms with Gasteiger partial charge in [-0.25, -0.2) is 5.43 Å². The summed E-state index contributed by atoms with van der Waals surface area (Å²) in [6.07, 6.45) is 1.24. The second kappa shape index (κ2) is 9.23. The van der Waals surface area contributed by atoms with E-state index >= 15 is 0 Å². The Morgan fingerprint density at radius 3 is 2.24 bits per heavy atom. The normalized spacial score (nSPS) is 10.7. The predicted octanol–water partition coefficient (Wildman–Crippen LogP) is 4.72. The number of nitrogens with zero attached hydrogens (tertiary/aromatic N) is 1. The zero-order chi connectivity index (χ0) is 20.8. The number of rotatable bonds is 5. The summed E-state index contributed by atoms with van der Waals surface area (Å²) in [5.41, 5.74) is 4.04. The Morgan fingerprint density at radius 1 is 0.897 bits per heavy atom. The van der Waals surface area contributed by atoms with Crippen LogP contribution in [0.4, 0.5) is 5.69 Å². The van der Waals surface area contributed by atoms with E-state index in [0.29, 0.717) is 21.8 Å². The van der Waals surface area contributed by atoms with Crippen LogP contribution in [0.15, 0.2) is 71.8 Å². The molecule has 0 aliphatic heterocycles. The fourth-order valence-corrected chi connectivity index (χ4v) is 2.92. The highest BCUT2D eigenvalue weighted by Crippen LogP contribution is 2.29. The van der Waals surface area contributed by atoms with E-state index < -0.39 is 5.91 Å². The Morgan fingerprint density at radius 2 is 1.55 bits per heavy atom. The highest BCUT2D eigenvalue weighted by Gasteiger charge is 2.09. The van der Waals surface area contributed by atoms with Gasteiger partial charge in [-0.3, -0.25) is 9.59 Å². The highest BCUT2D eigenvalue weighted by molar-refractivity contribution is 6.36. The summed E-state index contributed by atoms with van der Waals surface area (Å²) < 4.78 is 0. The number of aromatic hydroxyl groups is 1. The maximum absolute atomic E-state index is 12.2. The lowest BCUT2D eigenvalue weighted by molar-refractivity contribution is 0.0954. The molecule has 146 valence electrons. The second-order valence-electron chi connectivity index (χ2n) is 5.92. The van der Waals surface area contributed by atoms with Crippen LogP contribution in [0.1, 0.15) is 26.3 Å². The smallest absolute Gasteiger partial charge is 0.271 e. The number of nitrogens with one attached hydrogen (secondary N) is 2. The molecule has 3 aromatic rings. The molecular formula is C21H15Cl2N3O3. The van der Waals surface area contributed by atoms with Crippen molar-refractivity contribution in [2.45, 2.75) is 0 Å². The van der Waals surface area contributed by atoms with Gasteiger partial charge in [0.1, 0.15) is 5.75 Å². The number of anilines is 1. The second-order valence-corrected chi connectivity index (χ2v) is 6.77. The number of hydrogen-bond donors (Lipinski definition) is 3. The van der Waals surface area contributed by atoms with Gasteiger partial charge in [0.05, 0.1) is 11.2 Å². The number of hydrogen-bond acceptors (Lipinski definition) is 4. The average molecular weight is 428 g/mol. The maximum Gasteiger partial charge on any atom is 0.271 e. The van der Waals surface area contributed by atoms with Crippen molar-refractivity contribution in [2.24, 2.45) is 5.10 Å². The van der Waals surface area contributed by atoms with Crippen LogP contribution in [0.2, 0.25) is 10.0 Å². The van der Waals surface area contributed by atoms with Crippen molar-refractivity contribution in [3.63, 3.8) is 0 Å². The molecule has 0 bridgehead atoms. The first-order chi connectivity index (χ1) is 13.9. The molecule has 0 aromatic heterocycles. The Balaban J connectivity index is 1.61. The summed E-state index contributed by atoms with van der Waals surface area (Å²) in [6, 6.07) is 18.0. The van der Waals surface area contributed by atoms with Gasteiger partial charge in [0.15, 0.2) is 0 Å². The summed E-state index contributed by atoms with van der Waals surface area (Å²) in [7, 11) is 0. The van der Waals surface area contributed by atoms with Crippen LogP contribution in [0.3, 0.4) is 0 Å². The molecule has 0 fully saturated rings. The Kier molecular flexibility index (Phi) is 6.49. The first-order valence-electron chi connectivity index (χ1n) is 8.42. The predicted molar refractivity (Wildman–Crippen MR) is 114 cm³/mol. The topological polar surface area (TPSA) is 90.8 Å². The molecule has 3 N–H and O–H groups in total. The van der Waals surface area contributed by atoms with Crippen molar-refractivity contribution in [1.29, 1.82) is 0 Å². The largest absolute Gasteiger partial charge is 0.506 e. The molecular weight excluding hydrogens is 413 g/mol. The van der Waals surface area contributed by atoms with Gasteiger partial charge in [0.25, 0.3) is 11.8 Å². The molecule has 0 unspecified atom stereocenters. The van der Waals surface area contributed by atoms with Crippen LogP contribution in [0.25, 0.3) is 0 Å². The fraction of sp³-hybridized carbons (Fsp3) is 0. The molecule has 29 heavy (non-hydrogen) atoms. The van der Waals surface area contributed by atoms with Gasteiger partial charge >= 0.3 is 0 Å². The minimum absolute atomic E-state index is 0.0819. The highest BCUT2D eigenvalue weighted by atomic mass is 35.5. The van der Waals surface area contributed by atoms with Crippen LogP contribution in [0.5, 0.6) is 5.75 Å². The monoisotopic (exact) mass is 427 g/mol. The van der Waals surface area contributed by atoms with Gasteiger partial charge in [0, 0.05) is 27.4 Å². The molecule has 0 heterocycles. The zero-order valence-electron chi connectivity index (χ0n) is 14.9. The summed E-state index contributed by atoms with van der Waals surface area (Å²) in [5, 5.41) is 16.8. The molecule has 0 atom stereocenters. The average Bonchev–Trinajstić information content (AvgIpc) is 2.72. The molecule has 0 radical (unpaired) electrons. The molecule has 0 saturated heterocycles. The van der Waals surface area contributed by atoms with Crippen molar-refractivity contribution >= 4 is 46.9 Å². The van der Waals surface area contributed by atoms with Crippen LogP contribution in [-0.2, 0) is 0 Å². The van der Waals surface area contributed by atoms with E-state index in [1.165, 1.54) is 18.3 Å². The first kappa shape index (κ1) is 20.4. The molecule has 0 aliphatic carbocycles. The van der Waals surface area contributed by atoms with Crippen molar-refractivity contribution in [1.82, 2.24) is 5.43 Å². The number of amides is 2. The van der Waals surface area contributed by atoms with Crippen LogP contribution in [-0.4, -0.2) is 23.1 Å². The number of carbonyl (C=O) groups is 2. The first-order valence-corrected chi connectivity index (χ1v) is 9.17. The lowest BCUT2D eigenvalue weighted by Gasteiger charge is -2.06. The van der Waals surface area contributed by atoms with E-state index in [0.717, 1.165) is 0 Å². The van der Waals surface area contributed by atoms with Crippen molar-refractivity contribution in [3.05, 3.63) is 93.5 Å². The third-order valence-electron chi connectivity index (χ3n) is 3.87. The van der Waals surface area contributed by atoms with Crippen LogP contribution >= 0.6 is 23.2 Å². The Bertz CT molecular complexity index is 1070. The SMILES string of the molecule is O=C(NN=Cc1cc(Cl)cc(Cl)c1O)c1ccc(NC(=O)c2ccccc2)cc1. The lowest BCUT2D eigenvalue weighted by Crippen LogP contribution is -2.18. The summed E-state index contributed by atoms with van der Waals surface area (Å²) in [5.74, 6) is -0.894. The van der Waals surface area contributed by atoms with Gasteiger partial charge < -0.3 is 10.4 Å². The zero-order valence-corrected chi connectivity index (χ0v) is 16.4. The molecule has 0 spiro atoms. The van der Waals surface area contributed by atoms with E-state index in [-0.39, 0.29) is 22.2 Å². The molecule has 3 rings (SSSR count). The minimum Gasteiger partial charge on any atom is -0.506 e. The number of halogens is 2. The van der Waals surface area contributed by atoms with E-state index in [1.807, 2.05) is 6.07 Å². The van der Waals surface area contributed by atoms with Gasteiger partial charge in [0.2, 0.25) is 0 Å². The maximum atomic E-state index is 12.2. The number of benzene rings is 3. The fourth-order valence-electron chi connectivity index (χ4n) is 2.41. The summed E-state index contributed by atoms with van der Waals surface area (Å²) >= 11 is 11.7. The molecule has 2 amide bonds. The number of phenols is 1. The quantitative estimate of drug-likeness (QED) is 0.406. The standard InChI is InChI=1S/C21H15Cl2N3O3/c22-16-10-15(19(27)18(23)11-16)12-24-26-21(29)14-6-8-17(9-7-14)25-20(28)13-4-2-1-3-5-13/h1-12,27H,(H,25,28)(H,26,29). The number of phenolic OH excluding ortho intramolecular Hbond substituents is 1. The number of carbonyl (C=O) groups excluding carboxylic acids is 2. The van der Waals surface area contributed by atoms with E-state index in [2.05, 4.69) is 15.8 Å². The van der Waals surface area contributed by atoms with Crippen LogP contribution in [0, 0.1) is 0 Å². The third-order valence-corrected chi connectivity index (χ3v) is 4.37. The van der Waals surface area contributed by atoms with Gasteiger partial charge in [-0.05, 0) is 48.5 Å². The molecule has 0 saturated carbocycles. The van der Waals surface area contributed by atoms with Crippen molar-refractivity contribution < 1.29 is 14.7 Å². The van der Waals surface area contributed by atoms with Gasteiger partial charge in [-0.15, -0.1) is 0 Å². The van der Waals surface area contributed by atoms with Gasteiger partial charge in [-0.2, -0.15) is 5.10 Å². The molecule has 3 aromatic carbocycles. The Hall–Kier alpha value is -3.35. The molecule has 8 heteroatoms. The molecule has 6 nitrogen and oxygen atoms in total. The molecule has 0 aliphatic rings. The van der Waals surface area contributed by atoms with Crippen molar-refractivity contribution in [2.75, 3.05) is 5.32 Å². The lowest BCUT2D eigenvalue weighted by atomic mass is 10.1. The van der Waals surface area contributed by atoms with Crippen molar-refractivity contribution in [3.8, 4) is 5.75 Å². The van der Waals surface area contributed by atoms with Gasteiger partial charge in [-0.1, -0.05) is 41.4 Å². The van der Waals surface area contributed by atoms with E-state index in [1.54, 1.807) is 48.5 Å². The minimum atomic E-state index is -0.463. The Labute approximate surface area is 176 Å².